The van der Waals surface area contributed by atoms with Crippen LogP contribution in [-0.2, 0) is 11.2 Å². The van der Waals surface area contributed by atoms with E-state index >= 15 is 0 Å². The molecule has 0 spiro atoms. The summed E-state index contributed by atoms with van der Waals surface area (Å²) in [5.74, 6) is -0.0252. The molecule has 118 valence electrons. The molecule has 0 saturated heterocycles. The molecule has 1 atom stereocenters. The van der Waals surface area contributed by atoms with Crippen molar-refractivity contribution >= 4 is 5.91 Å². The van der Waals surface area contributed by atoms with Crippen molar-refractivity contribution in [1.29, 1.82) is 0 Å². The zero-order valence-electron chi connectivity index (χ0n) is 13.2. The van der Waals surface area contributed by atoms with Crippen LogP contribution in [0.25, 0.3) is 0 Å². The highest BCUT2D eigenvalue weighted by atomic mass is 19.1. The molecule has 1 aromatic rings. The number of rotatable bonds is 7. The molecule has 1 aromatic carbocycles. The monoisotopic (exact) mass is 296 g/mol. The molecule has 0 aliphatic rings. The van der Waals surface area contributed by atoms with Gasteiger partial charge in [0.05, 0.1) is 13.5 Å². The fourth-order valence-corrected chi connectivity index (χ4v) is 2.47. The standard InChI is InChI=1S/C16H25FN2O2/c1-11(2)9-16(3,10-18)19-15(20)8-12-5-6-14(21-4)13(17)7-12/h5-7,11H,8-10,18H2,1-4H3,(H,19,20). The van der Waals surface area contributed by atoms with Gasteiger partial charge in [0.15, 0.2) is 11.6 Å². The number of nitrogens with two attached hydrogens (primary N) is 1. The Balaban J connectivity index is 2.70. The molecule has 0 radical (unpaired) electrons. The molecule has 4 nitrogen and oxygen atoms in total. The molecule has 1 rings (SSSR count). The van der Waals surface area contributed by atoms with Crippen LogP contribution >= 0.6 is 0 Å². The van der Waals surface area contributed by atoms with Gasteiger partial charge in [0, 0.05) is 12.1 Å². The van der Waals surface area contributed by atoms with Gasteiger partial charge in [-0.1, -0.05) is 19.9 Å². The first-order chi connectivity index (χ1) is 9.79. The maximum Gasteiger partial charge on any atom is 0.224 e. The predicted molar refractivity (Wildman–Crippen MR) is 81.7 cm³/mol. The number of carbonyl (C=O) groups is 1. The number of amides is 1. The Kier molecular flexibility index (Phi) is 6.15. The number of methoxy groups -OCH3 is 1. The zero-order valence-corrected chi connectivity index (χ0v) is 13.2. The van der Waals surface area contributed by atoms with Crippen LogP contribution in [-0.4, -0.2) is 25.1 Å². The van der Waals surface area contributed by atoms with Crippen LogP contribution in [0.5, 0.6) is 5.75 Å². The number of hydrogen-bond acceptors (Lipinski definition) is 3. The number of halogens is 1. The Labute approximate surface area is 125 Å². The topological polar surface area (TPSA) is 64.3 Å². The van der Waals surface area contributed by atoms with Crippen LogP contribution in [0.4, 0.5) is 4.39 Å². The molecule has 0 bridgehead atoms. The minimum Gasteiger partial charge on any atom is -0.494 e. The van der Waals surface area contributed by atoms with Gasteiger partial charge in [-0.05, 0) is 37.0 Å². The van der Waals surface area contributed by atoms with Crippen molar-refractivity contribution < 1.29 is 13.9 Å². The Morgan fingerprint density at radius 3 is 2.62 bits per heavy atom. The first kappa shape index (κ1) is 17.4. The third-order valence-electron chi connectivity index (χ3n) is 3.33. The van der Waals surface area contributed by atoms with Crippen molar-refractivity contribution in [2.45, 2.75) is 39.2 Å². The highest BCUT2D eigenvalue weighted by Crippen LogP contribution is 2.19. The van der Waals surface area contributed by atoms with Crippen LogP contribution in [0.1, 0.15) is 32.8 Å². The van der Waals surface area contributed by atoms with Gasteiger partial charge in [0.2, 0.25) is 5.91 Å². The van der Waals surface area contributed by atoms with E-state index in [9.17, 15) is 9.18 Å². The van der Waals surface area contributed by atoms with Gasteiger partial charge in [-0.3, -0.25) is 4.79 Å². The summed E-state index contributed by atoms with van der Waals surface area (Å²) in [5, 5.41) is 2.95. The third-order valence-corrected chi connectivity index (χ3v) is 3.33. The number of nitrogens with one attached hydrogen (secondary N) is 1. The van der Waals surface area contributed by atoms with E-state index in [2.05, 4.69) is 19.2 Å². The lowest BCUT2D eigenvalue weighted by Crippen LogP contribution is -2.52. The summed E-state index contributed by atoms with van der Waals surface area (Å²) < 4.78 is 18.5. The summed E-state index contributed by atoms with van der Waals surface area (Å²) in [6.07, 6.45) is 0.917. The van der Waals surface area contributed by atoms with Crippen LogP contribution in [0.3, 0.4) is 0 Å². The lowest BCUT2D eigenvalue weighted by atomic mass is 9.90. The van der Waals surface area contributed by atoms with Gasteiger partial charge in [-0.25, -0.2) is 4.39 Å². The summed E-state index contributed by atoms with van der Waals surface area (Å²) in [6, 6.07) is 4.53. The molecule has 5 heteroatoms. The molecular formula is C16H25FN2O2. The van der Waals surface area contributed by atoms with Gasteiger partial charge in [0.25, 0.3) is 0 Å². The largest absolute Gasteiger partial charge is 0.494 e. The second-order valence-corrected chi connectivity index (χ2v) is 6.06. The molecule has 1 amide bonds. The minimum atomic E-state index is -0.466. The van der Waals surface area contributed by atoms with Crippen LogP contribution in [0.2, 0.25) is 0 Å². The molecule has 3 N–H and O–H groups in total. The van der Waals surface area contributed by atoms with Gasteiger partial charge in [0.1, 0.15) is 0 Å². The average molecular weight is 296 g/mol. The fourth-order valence-electron chi connectivity index (χ4n) is 2.47. The second-order valence-electron chi connectivity index (χ2n) is 6.06. The average Bonchev–Trinajstić information content (AvgIpc) is 2.37. The van der Waals surface area contributed by atoms with E-state index in [0.717, 1.165) is 6.42 Å². The van der Waals surface area contributed by atoms with E-state index in [0.29, 0.717) is 18.0 Å². The Morgan fingerprint density at radius 1 is 1.48 bits per heavy atom. The summed E-state index contributed by atoms with van der Waals surface area (Å²) in [5.41, 5.74) is 5.94. The van der Waals surface area contributed by atoms with E-state index in [1.807, 2.05) is 6.92 Å². The second kappa shape index (κ2) is 7.41. The molecule has 1 unspecified atom stereocenters. The highest BCUT2D eigenvalue weighted by molar-refractivity contribution is 5.79. The Bertz CT molecular complexity index is 491. The fraction of sp³-hybridized carbons (Fsp3) is 0.562. The van der Waals surface area contributed by atoms with Crippen molar-refractivity contribution in [2.75, 3.05) is 13.7 Å². The first-order valence-corrected chi connectivity index (χ1v) is 7.13. The zero-order chi connectivity index (χ0) is 16.0. The molecule has 0 saturated carbocycles. The van der Waals surface area contributed by atoms with Crippen molar-refractivity contribution in [3.05, 3.63) is 29.6 Å². The van der Waals surface area contributed by atoms with Crippen LogP contribution in [0, 0.1) is 11.7 Å². The van der Waals surface area contributed by atoms with Crippen LogP contribution in [0.15, 0.2) is 18.2 Å². The van der Waals surface area contributed by atoms with Crippen LogP contribution < -0.4 is 15.8 Å². The molecule has 21 heavy (non-hydrogen) atoms. The molecule has 0 aliphatic carbocycles. The number of hydrogen-bond donors (Lipinski definition) is 2. The van der Waals surface area contributed by atoms with Crippen molar-refractivity contribution in [3.63, 3.8) is 0 Å². The summed E-state index contributed by atoms with van der Waals surface area (Å²) in [4.78, 5) is 12.1. The smallest absolute Gasteiger partial charge is 0.224 e. The van der Waals surface area contributed by atoms with Crippen molar-refractivity contribution in [3.8, 4) is 5.75 Å². The van der Waals surface area contributed by atoms with Gasteiger partial charge in [-0.15, -0.1) is 0 Å². The maximum absolute atomic E-state index is 13.6. The lowest BCUT2D eigenvalue weighted by molar-refractivity contribution is -0.122. The summed E-state index contributed by atoms with van der Waals surface area (Å²) in [7, 11) is 1.41. The molecule has 0 aromatic heterocycles. The Hall–Kier alpha value is -1.62. The summed E-state index contributed by atoms with van der Waals surface area (Å²) in [6.45, 7) is 6.46. The number of carbonyl (C=O) groups excluding carboxylic acids is 1. The van der Waals surface area contributed by atoms with E-state index in [-0.39, 0.29) is 18.1 Å². The lowest BCUT2D eigenvalue weighted by Gasteiger charge is -2.31. The molecule has 0 aliphatic heterocycles. The van der Waals surface area contributed by atoms with E-state index in [1.54, 1.807) is 6.07 Å². The van der Waals surface area contributed by atoms with Crippen molar-refractivity contribution in [2.24, 2.45) is 11.7 Å². The quantitative estimate of drug-likeness (QED) is 0.811. The van der Waals surface area contributed by atoms with Gasteiger partial charge < -0.3 is 15.8 Å². The third kappa shape index (κ3) is 5.34. The minimum absolute atomic E-state index is 0.120. The SMILES string of the molecule is COc1ccc(CC(=O)NC(C)(CN)CC(C)C)cc1F. The van der Waals surface area contributed by atoms with Gasteiger partial charge >= 0.3 is 0 Å². The van der Waals surface area contributed by atoms with E-state index < -0.39 is 11.4 Å². The maximum atomic E-state index is 13.6. The highest BCUT2D eigenvalue weighted by Gasteiger charge is 2.25. The van der Waals surface area contributed by atoms with E-state index in [1.165, 1.54) is 19.2 Å². The van der Waals surface area contributed by atoms with Gasteiger partial charge in [-0.2, -0.15) is 0 Å². The molecule has 0 heterocycles. The van der Waals surface area contributed by atoms with E-state index in [4.69, 9.17) is 10.5 Å². The predicted octanol–water partition coefficient (Wildman–Crippen LogP) is 2.26. The number of benzene rings is 1. The first-order valence-electron chi connectivity index (χ1n) is 7.13. The number of ether oxygens (including phenoxy) is 1. The normalized spacial score (nSPS) is 13.9. The van der Waals surface area contributed by atoms with Crippen molar-refractivity contribution in [1.82, 2.24) is 5.32 Å². The molecule has 0 fully saturated rings. The molecular weight excluding hydrogens is 271 g/mol. The summed E-state index contributed by atoms with van der Waals surface area (Å²) >= 11 is 0. The Morgan fingerprint density at radius 2 is 2.14 bits per heavy atom.